The van der Waals surface area contributed by atoms with Gasteiger partial charge in [-0.2, -0.15) is 8.78 Å². The van der Waals surface area contributed by atoms with E-state index in [0.29, 0.717) is 17.0 Å². The minimum absolute atomic E-state index is 0.131. The van der Waals surface area contributed by atoms with Crippen LogP contribution in [0.1, 0.15) is 12.5 Å². The molecule has 0 aliphatic rings. The zero-order chi connectivity index (χ0) is 11.4. The van der Waals surface area contributed by atoms with E-state index in [1.54, 1.807) is 13.0 Å². The molecule has 2 nitrogen and oxygen atoms in total. The Hall–Kier alpha value is -0.870. The van der Waals surface area contributed by atoms with Crippen LogP contribution < -0.4 is 10.5 Å². The van der Waals surface area contributed by atoms with Gasteiger partial charge in [-0.15, -0.1) is 0 Å². The quantitative estimate of drug-likeness (QED) is 0.871. The van der Waals surface area contributed by atoms with E-state index in [0.717, 1.165) is 0 Å². The summed E-state index contributed by atoms with van der Waals surface area (Å²) in [7, 11) is 0. The highest BCUT2D eigenvalue weighted by molar-refractivity contribution is 6.30. The van der Waals surface area contributed by atoms with Crippen molar-refractivity contribution in [1.82, 2.24) is 0 Å². The molecule has 0 heterocycles. The van der Waals surface area contributed by atoms with Crippen LogP contribution in [-0.2, 0) is 6.42 Å². The van der Waals surface area contributed by atoms with Crippen LogP contribution >= 0.6 is 11.6 Å². The lowest BCUT2D eigenvalue weighted by molar-refractivity contribution is -0.0504. The Bertz CT molecular complexity index is 331. The van der Waals surface area contributed by atoms with Crippen molar-refractivity contribution in [3.05, 3.63) is 28.8 Å². The maximum absolute atomic E-state index is 12.1. The van der Waals surface area contributed by atoms with Crippen molar-refractivity contribution in [3.8, 4) is 5.75 Å². The second-order valence-electron chi connectivity index (χ2n) is 3.31. The molecule has 0 spiro atoms. The first kappa shape index (κ1) is 12.2. The van der Waals surface area contributed by atoms with Gasteiger partial charge in [-0.3, -0.25) is 0 Å². The fraction of sp³-hybridized carbons (Fsp3) is 0.400. The summed E-state index contributed by atoms with van der Waals surface area (Å²) in [6.45, 7) is -1.05. The number of hydrogen-bond donors (Lipinski definition) is 1. The molecule has 0 aromatic heterocycles. The monoisotopic (exact) mass is 235 g/mol. The lowest BCUT2D eigenvalue weighted by Crippen LogP contribution is -2.18. The molecule has 5 heteroatoms. The number of halogens is 3. The Kier molecular flexibility index (Phi) is 4.29. The largest absolute Gasteiger partial charge is 0.435 e. The summed E-state index contributed by atoms with van der Waals surface area (Å²) in [4.78, 5) is 0. The van der Waals surface area contributed by atoms with Crippen LogP contribution in [0.4, 0.5) is 8.78 Å². The second kappa shape index (κ2) is 5.28. The van der Waals surface area contributed by atoms with Crippen molar-refractivity contribution in [2.24, 2.45) is 5.73 Å². The number of alkyl halides is 2. The van der Waals surface area contributed by atoms with Crippen LogP contribution in [0.15, 0.2) is 18.2 Å². The molecule has 1 atom stereocenters. The molecule has 1 aromatic rings. The topological polar surface area (TPSA) is 35.2 Å². The van der Waals surface area contributed by atoms with E-state index in [1.807, 2.05) is 0 Å². The maximum atomic E-state index is 12.1. The van der Waals surface area contributed by atoms with E-state index >= 15 is 0 Å². The van der Waals surface area contributed by atoms with Crippen molar-refractivity contribution >= 4 is 11.6 Å². The second-order valence-corrected chi connectivity index (χ2v) is 3.75. The molecule has 0 aliphatic heterocycles. The van der Waals surface area contributed by atoms with E-state index in [-0.39, 0.29) is 11.8 Å². The van der Waals surface area contributed by atoms with Crippen LogP contribution in [-0.4, -0.2) is 12.7 Å². The smallest absolute Gasteiger partial charge is 0.387 e. The Morgan fingerprint density at radius 1 is 1.47 bits per heavy atom. The predicted molar refractivity (Wildman–Crippen MR) is 55.4 cm³/mol. The molecule has 84 valence electrons. The summed E-state index contributed by atoms with van der Waals surface area (Å²) in [5.74, 6) is 0.131. The number of nitrogens with two attached hydrogens (primary N) is 1. The highest BCUT2D eigenvalue weighted by atomic mass is 35.5. The van der Waals surface area contributed by atoms with E-state index in [2.05, 4.69) is 4.74 Å². The number of rotatable bonds is 4. The van der Waals surface area contributed by atoms with Crippen LogP contribution in [0.2, 0.25) is 5.02 Å². The Balaban J connectivity index is 2.92. The van der Waals surface area contributed by atoms with Gasteiger partial charge in [0.25, 0.3) is 0 Å². The normalized spacial score (nSPS) is 12.9. The van der Waals surface area contributed by atoms with E-state index in [9.17, 15) is 8.78 Å². The maximum Gasteiger partial charge on any atom is 0.387 e. The molecule has 0 amide bonds. The highest BCUT2D eigenvalue weighted by Crippen LogP contribution is 2.25. The third kappa shape index (κ3) is 4.01. The first-order valence-electron chi connectivity index (χ1n) is 4.48. The Labute approximate surface area is 92.0 Å². The average molecular weight is 236 g/mol. The summed E-state index contributed by atoms with van der Waals surface area (Å²) >= 11 is 5.75. The van der Waals surface area contributed by atoms with Crippen molar-refractivity contribution in [3.63, 3.8) is 0 Å². The molecule has 15 heavy (non-hydrogen) atoms. The molecule has 0 fully saturated rings. The van der Waals surface area contributed by atoms with Gasteiger partial charge in [0, 0.05) is 11.1 Å². The van der Waals surface area contributed by atoms with Gasteiger partial charge in [-0.25, -0.2) is 0 Å². The zero-order valence-electron chi connectivity index (χ0n) is 8.21. The van der Waals surface area contributed by atoms with Crippen LogP contribution in [0, 0.1) is 0 Å². The summed E-state index contributed by atoms with van der Waals surface area (Å²) in [5.41, 5.74) is 6.18. The van der Waals surface area contributed by atoms with Crippen molar-refractivity contribution in [1.29, 1.82) is 0 Å². The molecule has 0 aliphatic carbocycles. The van der Waals surface area contributed by atoms with Crippen molar-refractivity contribution in [2.75, 3.05) is 0 Å². The first-order valence-corrected chi connectivity index (χ1v) is 4.85. The van der Waals surface area contributed by atoms with Gasteiger partial charge in [0.2, 0.25) is 0 Å². The molecule has 0 saturated heterocycles. The van der Waals surface area contributed by atoms with Crippen LogP contribution in [0.25, 0.3) is 0 Å². The molecule has 1 rings (SSSR count). The highest BCUT2D eigenvalue weighted by Gasteiger charge is 2.11. The zero-order valence-corrected chi connectivity index (χ0v) is 8.97. The van der Waals surface area contributed by atoms with Gasteiger partial charge >= 0.3 is 6.61 Å². The molecular weight excluding hydrogens is 224 g/mol. The summed E-state index contributed by atoms with van der Waals surface area (Å²) < 4.78 is 28.5. The fourth-order valence-electron chi connectivity index (χ4n) is 1.27. The van der Waals surface area contributed by atoms with Gasteiger partial charge < -0.3 is 10.5 Å². The van der Waals surface area contributed by atoms with Crippen molar-refractivity contribution < 1.29 is 13.5 Å². The third-order valence-electron chi connectivity index (χ3n) is 1.78. The lowest BCUT2D eigenvalue weighted by Gasteiger charge is -2.12. The van der Waals surface area contributed by atoms with Gasteiger partial charge in [0.05, 0.1) is 0 Å². The lowest BCUT2D eigenvalue weighted by atomic mass is 10.1. The molecule has 2 N–H and O–H groups in total. The van der Waals surface area contributed by atoms with E-state index < -0.39 is 6.61 Å². The van der Waals surface area contributed by atoms with Gasteiger partial charge in [0.1, 0.15) is 5.75 Å². The average Bonchev–Trinajstić information content (AvgIpc) is 2.08. The fourth-order valence-corrected chi connectivity index (χ4v) is 1.46. The van der Waals surface area contributed by atoms with Gasteiger partial charge in [0.15, 0.2) is 0 Å². The number of benzene rings is 1. The van der Waals surface area contributed by atoms with Crippen LogP contribution in [0.3, 0.4) is 0 Å². The van der Waals surface area contributed by atoms with E-state index in [4.69, 9.17) is 17.3 Å². The SMILES string of the molecule is C[C@H](N)Cc1cc(Cl)ccc1OC(F)F. The number of ether oxygens (including phenoxy) is 1. The summed E-state index contributed by atoms with van der Waals surface area (Å²) in [6.07, 6.45) is 0.447. The van der Waals surface area contributed by atoms with Crippen molar-refractivity contribution in [2.45, 2.75) is 26.0 Å². The predicted octanol–water partition coefficient (Wildman–Crippen LogP) is 2.83. The first-order chi connectivity index (χ1) is 6.99. The number of hydrogen-bond acceptors (Lipinski definition) is 2. The minimum Gasteiger partial charge on any atom is -0.435 e. The summed E-state index contributed by atoms with van der Waals surface area (Å²) in [5, 5.41) is 0.479. The minimum atomic E-state index is -2.84. The standard InChI is InChI=1S/C10H12ClF2NO/c1-6(14)4-7-5-8(11)2-3-9(7)15-10(12)13/h2-3,5-6,10H,4,14H2,1H3/t6-/m0/s1. The molecule has 1 aromatic carbocycles. The van der Waals surface area contributed by atoms with Gasteiger partial charge in [-0.05, 0) is 37.1 Å². The molecule has 0 unspecified atom stereocenters. The third-order valence-corrected chi connectivity index (χ3v) is 2.02. The van der Waals surface area contributed by atoms with E-state index in [1.165, 1.54) is 12.1 Å². The molecule has 0 saturated carbocycles. The molecular formula is C10H12ClF2NO. The van der Waals surface area contributed by atoms with Gasteiger partial charge in [-0.1, -0.05) is 11.6 Å². The molecule has 0 radical (unpaired) electrons. The van der Waals surface area contributed by atoms with Crippen LogP contribution in [0.5, 0.6) is 5.75 Å². The Morgan fingerprint density at radius 2 is 2.13 bits per heavy atom. The Morgan fingerprint density at radius 3 is 2.67 bits per heavy atom. The molecule has 0 bridgehead atoms. The summed E-state index contributed by atoms with van der Waals surface area (Å²) in [6, 6.07) is 4.38.